The van der Waals surface area contributed by atoms with Crippen molar-refractivity contribution in [2.75, 3.05) is 12.0 Å². The highest BCUT2D eigenvalue weighted by Crippen LogP contribution is 2.35. The second-order valence-corrected chi connectivity index (χ2v) is 7.21. The lowest BCUT2D eigenvalue weighted by Gasteiger charge is -2.12. The Morgan fingerprint density at radius 2 is 1.67 bits per heavy atom. The van der Waals surface area contributed by atoms with Crippen LogP contribution in [0.25, 0.3) is 0 Å². The summed E-state index contributed by atoms with van der Waals surface area (Å²) in [7, 11) is 0. The van der Waals surface area contributed by atoms with E-state index in [1.807, 2.05) is 0 Å². The van der Waals surface area contributed by atoms with E-state index in [2.05, 4.69) is 10.5 Å². The third-order valence-corrected chi connectivity index (χ3v) is 4.73. The molecule has 3 aromatic rings. The molecule has 0 saturated heterocycles. The van der Waals surface area contributed by atoms with E-state index in [0.717, 1.165) is 12.1 Å². The first-order valence-electron chi connectivity index (χ1n) is 10.4. The fourth-order valence-electron chi connectivity index (χ4n) is 3.00. The first-order chi connectivity index (χ1) is 17.1. The quantitative estimate of drug-likeness (QED) is 0.205. The standard InChI is InChI=1S/C23H19F3N4O6/c1-2-35-22-11-16(5-10-21(22)36-14-15-3-7-18(8-4-15)29(31)32)13-27-28-19-9-6-17(23(24,25)26)12-20(19)30(33)34/h3-13,28H,2,14H2,1H3/b27-13-. The van der Waals surface area contributed by atoms with E-state index in [1.54, 1.807) is 37.3 Å². The molecule has 0 bridgehead atoms. The molecular weight excluding hydrogens is 485 g/mol. The Hall–Kier alpha value is -4.68. The Kier molecular flexibility index (Phi) is 8.04. The van der Waals surface area contributed by atoms with Crippen LogP contribution in [0.3, 0.4) is 0 Å². The van der Waals surface area contributed by atoms with Crippen LogP contribution in [0.4, 0.5) is 30.2 Å². The van der Waals surface area contributed by atoms with Gasteiger partial charge < -0.3 is 9.47 Å². The summed E-state index contributed by atoms with van der Waals surface area (Å²) in [5.74, 6) is 0.780. The van der Waals surface area contributed by atoms with E-state index >= 15 is 0 Å². The van der Waals surface area contributed by atoms with E-state index < -0.39 is 27.3 Å². The van der Waals surface area contributed by atoms with Crippen LogP contribution in [0, 0.1) is 20.2 Å². The molecule has 0 aromatic heterocycles. The van der Waals surface area contributed by atoms with Gasteiger partial charge in [0.05, 0.1) is 28.2 Å². The number of nitrogens with zero attached hydrogens (tertiary/aromatic N) is 3. The van der Waals surface area contributed by atoms with Crippen LogP contribution in [0.2, 0.25) is 0 Å². The van der Waals surface area contributed by atoms with Crippen LogP contribution in [0.5, 0.6) is 11.5 Å². The monoisotopic (exact) mass is 504 g/mol. The lowest BCUT2D eigenvalue weighted by molar-refractivity contribution is -0.384. The number of benzene rings is 3. The van der Waals surface area contributed by atoms with Gasteiger partial charge in [-0.05, 0) is 60.5 Å². The van der Waals surface area contributed by atoms with Crippen LogP contribution >= 0.6 is 0 Å². The number of halogens is 3. The Bertz CT molecular complexity index is 1280. The SMILES string of the molecule is CCOc1cc(/C=N\Nc2ccc(C(F)(F)F)cc2[N+](=O)[O-])ccc1OCc1ccc([N+](=O)[O-])cc1. The van der Waals surface area contributed by atoms with E-state index in [9.17, 15) is 33.4 Å². The topological polar surface area (TPSA) is 129 Å². The molecule has 13 heteroatoms. The summed E-state index contributed by atoms with van der Waals surface area (Å²) >= 11 is 0. The van der Waals surface area contributed by atoms with Crippen LogP contribution in [0.15, 0.2) is 65.8 Å². The molecule has 3 rings (SSSR count). The van der Waals surface area contributed by atoms with Gasteiger partial charge in [0.25, 0.3) is 11.4 Å². The second-order valence-electron chi connectivity index (χ2n) is 7.21. The normalized spacial score (nSPS) is 11.3. The van der Waals surface area contributed by atoms with E-state index in [4.69, 9.17) is 9.47 Å². The van der Waals surface area contributed by atoms with Gasteiger partial charge in [-0.1, -0.05) is 0 Å². The number of hydrogen-bond donors (Lipinski definition) is 1. The average molecular weight is 504 g/mol. The number of rotatable bonds is 10. The van der Waals surface area contributed by atoms with Gasteiger partial charge in [0.1, 0.15) is 12.3 Å². The Balaban J connectivity index is 1.72. The minimum absolute atomic E-state index is 0.0346. The molecule has 0 aliphatic rings. The fraction of sp³-hybridized carbons (Fsp3) is 0.174. The summed E-state index contributed by atoms with van der Waals surface area (Å²) < 4.78 is 49.9. The third-order valence-electron chi connectivity index (χ3n) is 4.73. The Morgan fingerprint density at radius 1 is 0.944 bits per heavy atom. The number of hydrogen-bond acceptors (Lipinski definition) is 8. The molecule has 0 saturated carbocycles. The summed E-state index contributed by atoms with van der Waals surface area (Å²) in [6.45, 7) is 2.22. The zero-order valence-electron chi connectivity index (χ0n) is 18.7. The molecule has 36 heavy (non-hydrogen) atoms. The Labute approximate surface area is 202 Å². The predicted molar refractivity (Wildman–Crippen MR) is 124 cm³/mol. The van der Waals surface area contributed by atoms with Crippen LogP contribution in [-0.4, -0.2) is 22.7 Å². The molecule has 0 atom stereocenters. The van der Waals surface area contributed by atoms with Crippen LogP contribution < -0.4 is 14.9 Å². The van der Waals surface area contributed by atoms with Crippen LogP contribution in [-0.2, 0) is 12.8 Å². The molecule has 0 aliphatic carbocycles. The van der Waals surface area contributed by atoms with E-state index in [-0.39, 0.29) is 18.0 Å². The number of hydrazone groups is 1. The molecule has 0 amide bonds. The van der Waals surface area contributed by atoms with Crippen molar-refractivity contribution in [2.24, 2.45) is 5.10 Å². The van der Waals surface area contributed by atoms with E-state index in [1.165, 1.54) is 18.3 Å². The highest BCUT2D eigenvalue weighted by molar-refractivity contribution is 5.82. The van der Waals surface area contributed by atoms with Crippen LogP contribution in [0.1, 0.15) is 23.6 Å². The average Bonchev–Trinajstić information content (AvgIpc) is 2.83. The van der Waals surface area contributed by atoms with E-state index in [0.29, 0.717) is 35.3 Å². The summed E-state index contributed by atoms with van der Waals surface area (Å²) in [6, 6.07) is 12.8. The maximum absolute atomic E-state index is 12.8. The maximum atomic E-state index is 12.8. The third kappa shape index (κ3) is 6.68. The lowest BCUT2D eigenvalue weighted by Crippen LogP contribution is -2.06. The van der Waals surface area contributed by atoms with Crippen molar-refractivity contribution in [3.63, 3.8) is 0 Å². The summed E-state index contributed by atoms with van der Waals surface area (Å²) in [6.07, 6.45) is -3.41. The van der Waals surface area contributed by atoms with Crippen molar-refractivity contribution in [3.8, 4) is 11.5 Å². The number of nitro benzene ring substituents is 2. The maximum Gasteiger partial charge on any atom is 0.416 e. The molecule has 0 spiro atoms. The molecular formula is C23H19F3N4O6. The second kappa shape index (κ2) is 11.2. The van der Waals surface area contributed by atoms with Gasteiger partial charge in [-0.15, -0.1) is 0 Å². The minimum Gasteiger partial charge on any atom is -0.490 e. The van der Waals surface area contributed by atoms with Crippen molar-refractivity contribution in [1.82, 2.24) is 0 Å². The number of nitro groups is 2. The highest BCUT2D eigenvalue weighted by Gasteiger charge is 2.33. The van der Waals surface area contributed by atoms with Crippen molar-refractivity contribution in [1.29, 1.82) is 0 Å². The fourth-order valence-corrected chi connectivity index (χ4v) is 3.00. The number of ether oxygens (including phenoxy) is 2. The molecule has 0 unspecified atom stereocenters. The van der Waals surface area contributed by atoms with Gasteiger partial charge in [-0.3, -0.25) is 25.7 Å². The molecule has 0 radical (unpaired) electrons. The van der Waals surface area contributed by atoms with Crippen molar-refractivity contribution in [2.45, 2.75) is 19.7 Å². The molecule has 1 N–H and O–H groups in total. The molecule has 0 fully saturated rings. The zero-order chi connectivity index (χ0) is 26.3. The summed E-state index contributed by atoms with van der Waals surface area (Å²) in [5, 5.41) is 25.8. The molecule has 188 valence electrons. The van der Waals surface area contributed by atoms with Gasteiger partial charge in [0.15, 0.2) is 11.5 Å². The highest BCUT2D eigenvalue weighted by atomic mass is 19.4. The zero-order valence-corrected chi connectivity index (χ0v) is 18.7. The lowest BCUT2D eigenvalue weighted by atomic mass is 10.1. The molecule has 3 aromatic carbocycles. The minimum atomic E-state index is -4.72. The first kappa shape index (κ1) is 25.9. The summed E-state index contributed by atoms with van der Waals surface area (Å²) in [4.78, 5) is 20.5. The first-order valence-corrected chi connectivity index (χ1v) is 10.4. The summed E-state index contributed by atoms with van der Waals surface area (Å²) in [5.41, 5.74) is 1.45. The van der Waals surface area contributed by atoms with Gasteiger partial charge in [-0.2, -0.15) is 18.3 Å². The number of nitrogens with one attached hydrogen (secondary N) is 1. The van der Waals surface area contributed by atoms with Gasteiger partial charge >= 0.3 is 6.18 Å². The smallest absolute Gasteiger partial charge is 0.416 e. The van der Waals surface area contributed by atoms with Crippen molar-refractivity contribution >= 4 is 23.3 Å². The number of non-ortho nitro benzene ring substituents is 1. The van der Waals surface area contributed by atoms with Crippen molar-refractivity contribution < 1.29 is 32.5 Å². The molecule has 0 aliphatic heterocycles. The van der Waals surface area contributed by atoms with Gasteiger partial charge in [-0.25, -0.2) is 0 Å². The molecule has 10 nitrogen and oxygen atoms in total. The number of anilines is 1. The molecule has 0 heterocycles. The largest absolute Gasteiger partial charge is 0.490 e. The van der Waals surface area contributed by atoms with Gasteiger partial charge in [0, 0.05) is 18.2 Å². The number of alkyl halides is 3. The predicted octanol–water partition coefficient (Wildman–Crippen LogP) is 5.95. The Morgan fingerprint density at radius 3 is 2.28 bits per heavy atom. The van der Waals surface area contributed by atoms with Crippen molar-refractivity contribution in [3.05, 3.63) is 97.6 Å². The van der Waals surface area contributed by atoms with Gasteiger partial charge in [0.2, 0.25) is 0 Å².